The molecule has 0 saturated carbocycles. The van der Waals surface area contributed by atoms with Crippen molar-refractivity contribution in [1.29, 1.82) is 5.26 Å². The maximum atomic E-state index is 8.91. The molecule has 3 aromatic rings. The molecule has 0 atom stereocenters. The number of rotatable bonds is 8. The van der Waals surface area contributed by atoms with Crippen molar-refractivity contribution in [2.45, 2.75) is 12.1 Å². The molecule has 1 heterocycles. The van der Waals surface area contributed by atoms with Crippen LogP contribution in [-0.2, 0) is 0 Å². The van der Waals surface area contributed by atoms with E-state index in [0.717, 1.165) is 11.4 Å². The Bertz CT molecular complexity index is 906. The van der Waals surface area contributed by atoms with E-state index in [2.05, 4.69) is 21.6 Å². The molecular formula is C18H17N5O2S. The van der Waals surface area contributed by atoms with Gasteiger partial charge in [0, 0.05) is 5.75 Å². The van der Waals surface area contributed by atoms with Gasteiger partial charge in [0.15, 0.2) is 0 Å². The van der Waals surface area contributed by atoms with Crippen LogP contribution in [0.4, 0.5) is 0 Å². The van der Waals surface area contributed by atoms with Crippen LogP contribution in [0, 0.1) is 11.3 Å². The van der Waals surface area contributed by atoms with Gasteiger partial charge >= 0.3 is 0 Å². The lowest BCUT2D eigenvalue weighted by atomic mass is 10.2. The van der Waals surface area contributed by atoms with Gasteiger partial charge in [-0.25, -0.2) is 0 Å². The fraction of sp³-hybridized carbons (Fsp3) is 0.222. The molecule has 7 nitrogen and oxygen atoms in total. The minimum atomic E-state index is 0.472. The van der Waals surface area contributed by atoms with Crippen LogP contribution < -0.4 is 9.47 Å². The van der Waals surface area contributed by atoms with Gasteiger partial charge in [-0.2, -0.15) is 9.94 Å². The highest BCUT2D eigenvalue weighted by atomic mass is 32.2. The molecule has 0 aliphatic heterocycles. The van der Waals surface area contributed by atoms with Crippen LogP contribution in [0.1, 0.15) is 12.5 Å². The number of thioether (sulfide) groups is 1. The molecule has 0 unspecified atom stereocenters. The number of para-hydroxylation sites is 2. The second-order valence-electron chi connectivity index (χ2n) is 5.11. The minimum absolute atomic E-state index is 0.472. The third kappa shape index (κ3) is 4.32. The molecule has 0 N–H and O–H groups in total. The average molecular weight is 367 g/mol. The first kappa shape index (κ1) is 17.8. The molecule has 1 aromatic heterocycles. The first-order valence-electron chi connectivity index (χ1n) is 8.08. The summed E-state index contributed by atoms with van der Waals surface area (Å²) in [5, 5.41) is 21.5. The van der Waals surface area contributed by atoms with E-state index in [0.29, 0.717) is 35.4 Å². The van der Waals surface area contributed by atoms with E-state index in [1.165, 1.54) is 11.8 Å². The fourth-order valence-electron chi connectivity index (χ4n) is 2.28. The van der Waals surface area contributed by atoms with Gasteiger partial charge in [0.1, 0.15) is 17.2 Å². The Kier molecular flexibility index (Phi) is 6.06. The molecule has 0 fully saturated rings. The molecule has 0 aliphatic rings. The zero-order valence-electron chi connectivity index (χ0n) is 14.2. The van der Waals surface area contributed by atoms with E-state index >= 15 is 0 Å². The number of ether oxygens (including phenoxy) is 2. The van der Waals surface area contributed by atoms with Gasteiger partial charge in [-0.05, 0) is 47.7 Å². The Morgan fingerprint density at radius 3 is 2.88 bits per heavy atom. The van der Waals surface area contributed by atoms with E-state index in [1.807, 2.05) is 37.3 Å². The number of benzene rings is 2. The summed E-state index contributed by atoms with van der Waals surface area (Å²) in [6, 6.07) is 16.8. The molecule has 0 radical (unpaired) electrons. The number of hydrogen-bond acceptors (Lipinski definition) is 7. The van der Waals surface area contributed by atoms with Gasteiger partial charge in [-0.3, -0.25) is 0 Å². The Labute approximate surface area is 155 Å². The normalized spacial score (nSPS) is 10.3. The average Bonchev–Trinajstić information content (AvgIpc) is 3.14. The monoisotopic (exact) mass is 367 g/mol. The zero-order valence-corrected chi connectivity index (χ0v) is 15.0. The largest absolute Gasteiger partial charge is 0.493 e. The van der Waals surface area contributed by atoms with Crippen molar-refractivity contribution in [3.05, 3.63) is 54.1 Å². The predicted octanol–water partition coefficient (Wildman–Crippen LogP) is 3.10. The predicted molar refractivity (Wildman–Crippen MR) is 97.7 cm³/mol. The van der Waals surface area contributed by atoms with Crippen LogP contribution in [-0.4, -0.2) is 39.2 Å². The highest BCUT2D eigenvalue weighted by Gasteiger charge is 2.13. The van der Waals surface area contributed by atoms with Crippen molar-refractivity contribution in [2.75, 3.05) is 19.0 Å². The highest BCUT2D eigenvalue weighted by molar-refractivity contribution is 7.99. The Morgan fingerprint density at radius 2 is 2.04 bits per heavy atom. The van der Waals surface area contributed by atoms with E-state index < -0.39 is 0 Å². The fourth-order valence-corrected chi connectivity index (χ4v) is 2.98. The molecule has 3 rings (SSSR count). The smallest absolute Gasteiger partial charge is 0.214 e. The van der Waals surface area contributed by atoms with Gasteiger partial charge in [0.25, 0.3) is 0 Å². The zero-order chi connectivity index (χ0) is 18.2. The molecule has 132 valence electrons. The molecule has 0 saturated heterocycles. The molecule has 0 spiro atoms. The van der Waals surface area contributed by atoms with Crippen LogP contribution in [0.3, 0.4) is 0 Å². The molecule has 2 aromatic carbocycles. The summed E-state index contributed by atoms with van der Waals surface area (Å²) in [6.07, 6.45) is 0. The Hall–Kier alpha value is -3.05. The van der Waals surface area contributed by atoms with Crippen molar-refractivity contribution >= 4 is 11.8 Å². The summed E-state index contributed by atoms with van der Waals surface area (Å²) in [4.78, 5) is 0. The summed E-state index contributed by atoms with van der Waals surface area (Å²) in [5.74, 6) is 2.06. The van der Waals surface area contributed by atoms with Crippen LogP contribution in [0.15, 0.2) is 53.7 Å². The van der Waals surface area contributed by atoms with Crippen molar-refractivity contribution in [1.82, 2.24) is 20.2 Å². The topological polar surface area (TPSA) is 85.8 Å². The third-order valence-electron chi connectivity index (χ3n) is 3.38. The summed E-state index contributed by atoms with van der Waals surface area (Å²) in [6.45, 7) is 2.97. The summed E-state index contributed by atoms with van der Waals surface area (Å²) in [5.41, 5.74) is 1.37. The third-order valence-corrected chi connectivity index (χ3v) is 4.26. The van der Waals surface area contributed by atoms with Crippen LogP contribution in [0.2, 0.25) is 0 Å². The van der Waals surface area contributed by atoms with E-state index in [4.69, 9.17) is 14.7 Å². The lowest BCUT2D eigenvalue weighted by molar-refractivity contribution is 0.337. The molecule has 0 amide bonds. The SMILES string of the molecule is CCOc1ccccc1-n1nnnc1SCCOc1cccc(C#N)c1. The second kappa shape index (κ2) is 8.87. The maximum absolute atomic E-state index is 8.91. The molecule has 0 bridgehead atoms. The number of hydrogen-bond donors (Lipinski definition) is 0. The second-order valence-corrected chi connectivity index (χ2v) is 6.17. The number of nitrogens with zero attached hydrogens (tertiary/aromatic N) is 5. The first-order chi connectivity index (χ1) is 12.8. The van der Waals surface area contributed by atoms with Crippen molar-refractivity contribution in [3.63, 3.8) is 0 Å². The number of tetrazole rings is 1. The first-order valence-corrected chi connectivity index (χ1v) is 9.06. The van der Waals surface area contributed by atoms with Crippen molar-refractivity contribution < 1.29 is 9.47 Å². The molecule has 8 heteroatoms. The van der Waals surface area contributed by atoms with Gasteiger partial charge in [-0.15, -0.1) is 5.10 Å². The number of aromatic nitrogens is 4. The highest BCUT2D eigenvalue weighted by Crippen LogP contribution is 2.26. The summed E-state index contributed by atoms with van der Waals surface area (Å²) in [7, 11) is 0. The van der Waals surface area contributed by atoms with Gasteiger partial charge in [0.2, 0.25) is 5.16 Å². The van der Waals surface area contributed by atoms with Gasteiger partial charge in [-0.1, -0.05) is 30.0 Å². The number of nitriles is 1. The van der Waals surface area contributed by atoms with Crippen LogP contribution in [0.25, 0.3) is 5.69 Å². The Morgan fingerprint density at radius 1 is 1.15 bits per heavy atom. The molecule has 0 aliphatic carbocycles. The standard InChI is InChI=1S/C18H17N5O2S/c1-2-24-17-9-4-3-8-16(17)23-18(20-21-22-23)26-11-10-25-15-7-5-6-14(12-15)13-19/h3-9,12H,2,10-11H2,1H3. The van der Waals surface area contributed by atoms with Crippen LogP contribution >= 0.6 is 11.8 Å². The van der Waals surface area contributed by atoms with Crippen molar-refractivity contribution in [3.8, 4) is 23.3 Å². The summed E-state index contributed by atoms with van der Waals surface area (Å²) < 4.78 is 13.0. The van der Waals surface area contributed by atoms with E-state index in [1.54, 1.807) is 22.9 Å². The van der Waals surface area contributed by atoms with E-state index in [9.17, 15) is 0 Å². The lowest BCUT2D eigenvalue weighted by Crippen LogP contribution is -2.05. The quantitative estimate of drug-likeness (QED) is 0.447. The molecule has 26 heavy (non-hydrogen) atoms. The van der Waals surface area contributed by atoms with Gasteiger partial charge < -0.3 is 9.47 Å². The lowest BCUT2D eigenvalue weighted by Gasteiger charge is -2.10. The van der Waals surface area contributed by atoms with Gasteiger partial charge in [0.05, 0.1) is 24.8 Å². The minimum Gasteiger partial charge on any atom is -0.493 e. The maximum Gasteiger partial charge on any atom is 0.214 e. The van der Waals surface area contributed by atoms with E-state index in [-0.39, 0.29) is 0 Å². The van der Waals surface area contributed by atoms with Crippen molar-refractivity contribution in [2.24, 2.45) is 0 Å². The summed E-state index contributed by atoms with van der Waals surface area (Å²) >= 11 is 1.49. The molecular weight excluding hydrogens is 350 g/mol. The Balaban J connectivity index is 1.62. The van der Waals surface area contributed by atoms with Crippen LogP contribution in [0.5, 0.6) is 11.5 Å².